The summed E-state index contributed by atoms with van der Waals surface area (Å²) in [5, 5.41) is 5.48. The van der Waals surface area contributed by atoms with E-state index in [1.54, 1.807) is 0 Å². The van der Waals surface area contributed by atoms with E-state index in [1.165, 1.54) is 38.2 Å². The van der Waals surface area contributed by atoms with Gasteiger partial charge in [0.05, 0.1) is 0 Å². The van der Waals surface area contributed by atoms with E-state index in [2.05, 4.69) is 63.2 Å². The van der Waals surface area contributed by atoms with Gasteiger partial charge in [0.1, 0.15) is 0 Å². The monoisotopic (exact) mass is 220 g/mol. The van der Waals surface area contributed by atoms with E-state index in [4.69, 9.17) is 0 Å². The molecule has 0 radical (unpaired) electrons. The Kier molecular flexibility index (Phi) is 2.19. The van der Waals surface area contributed by atoms with Gasteiger partial charge in [0.2, 0.25) is 0 Å². The van der Waals surface area contributed by atoms with Crippen molar-refractivity contribution in [3.8, 4) is 0 Å². The van der Waals surface area contributed by atoms with Gasteiger partial charge in [-0.3, -0.25) is 0 Å². The van der Waals surface area contributed by atoms with E-state index in [9.17, 15) is 0 Å². The van der Waals surface area contributed by atoms with Crippen LogP contribution in [0.4, 0.5) is 0 Å². The fraction of sp³-hybridized carbons (Fsp3) is 0.176. The first kappa shape index (κ1) is 10.3. The van der Waals surface area contributed by atoms with Crippen LogP contribution in [-0.4, -0.2) is 0 Å². The van der Waals surface area contributed by atoms with Crippen molar-refractivity contribution in [2.24, 2.45) is 0 Å². The van der Waals surface area contributed by atoms with Gasteiger partial charge < -0.3 is 0 Å². The van der Waals surface area contributed by atoms with Crippen LogP contribution in [-0.2, 0) is 0 Å². The van der Waals surface area contributed by atoms with Gasteiger partial charge in [-0.05, 0) is 59.0 Å². The van der Waals surface area contributed by atoms with Crippen molar-refractivity contribution in [1.29, 1.82) is 0 Å². The molecule has 0 fully saturated rings. The third-order valence-electron chi connectivity index (χ3n) is 3.82. The molecule has 3 rings (SSSR count). The van der Waals surface area contributed by atoms with Gasteiger partial charge in [0, 0.05) is 0 Å². The third kappa shape index (κ3) is 1.44. The number of hydrogen-bond donors (Lipinski definition) is 0. The summed E-state index contributed by atoms with van der Waals surface area (Å²) in [6.07, 6.45) is 0. The molecule has 0 saturated heterocycles. The van der Waals surface area contributed by atoms with Crippen LogP contribution in [0.2, 0.25) is 0 Å². The van der Waals surface area contributed by atoms with E-state index in [1.807, 2.05) is 0 Å². The highest BCUT2D eigenvalue weighted by Crippen LogP contribution is 2.30. The molecule has 17 heavy (non-hydrogen) atoms. The molecule has 0 aromatic heterocycles. The Hall–Kier alpha value is -1.82. The van der Waals surface area contributed by atoms with Crippen LogP contribution in [0, 0.1) is 20.8 Å². The molecule has 0 nitrogen and oxygen atoms in total. The van der Waals surface area contributed by atoms with Crippen molar-refractivity contribution >= 4 is 21.5 Å². The molecule has 0 atom stereocenters. The predicted molar refractivity (Wildman–Crippen MR) is 75.7 cm³/mol. The van der Waals surface area contributed by atoms with Gasteiger partial charge in [-0.15, -0.1) is 0 Å². The Labute approximate surface area is 102 Å². The Morgan fingerprint density at radius 1 is 0.529 bits per heavy atom. The molecular formula is C17H16. The first-order valence-electron chi connectivity index (χ1n) is 6.07. The maximum absolute atomic E-state index is 2.26. The number of hydrogen-bond acceptors (Lipinski definition) is 0. The zero-order chi connectivity index (χ0) is 12.0. The van der Waals surface area contributed by atoms with E-state index >= 15 is 0 Å². The molecule has 0 saturated carbocycles. The second-order valence-electron chi connectivity index (χ2n) is 4.84. The van der Waals surface area contributed by atoms with Crippen LogP contribution in [0.1, 0.15) is 16.7 Å². The molecule has 0 N–H and O–H groups in total. The molecule has 0 heteroatoms. The second-order valence-corrected chi connectivity index (χ2v) is 4.84. The minimum absolute atomic E-state index is 1.35. The Morgan fingerprint density at radius 2 is 1.18 bits per heavy atom. The summed E-state index contributed by atoms with van der Waals surface area (Å²) >= 11 is 0. The molecule has 0 aliphatic heterocycles. The smallest absolute Gasteiger partial charge is 0.0102 e. The molecule has 3 aromatic carbocycles. The molecule has 0 aliphatic carbocycles. The molecular weight excluding hydrogens is 204 g/mol. The number of aryl methyl sites for hydroxylation is 3. The first-order valence-corrected chi connectivity index (χ1v) is 6.07. The van der Waals surface area contributed by atoms with Crippen LogP contribution in [0.25, 0.3) is 21.5 Å². The highest BCUT2D eigenvalue weighted by molar-refractivity contribution is 6.09. The lowest BCUT2D eigenvalue weighted by Gasteiger charge is -2.10. The molecule has 0 heterocycles. The first-order chi connectivity index (χ1) is 8.18. The summed E-state index contributed by atoms with van der Waals surface area (Å²) < 4.78 is 0. The highest BCUT2D eigenvalue weighted by Gasteiger charge is 2.05. The van der Waals surface area contributed by atoms with E-state index in [0.29, 0.717) is 0 Å². The lowest BCUT2D eigenvalue weighted by atomic mass is 9.95. The van der Waals surface area contributed by atoms with Gasteiger partial charge in [0.15, 0.2) is 0 Å². The summed E-state index contributed by atoms with van der Waals surface area (Å²) in [6, 6.07) is 15.5. The van der Waals surface area contributed by atoms with Crippen LogP contribution in [0.15, 0.2) is 42.5 Å². The topological polar surface area (TPSA) is 0 Å². The Morgan fingerprint density at radius 3 is 2.00 bits per heavy atom. The summed E-state index contributed by atoms with van der Waals surface area (Å²) in [5.74, 6) is 0. The zero-order valence-corrected chi connectivity index (χ0v) is 10.5. The summed E-state index contributed by atoms with van der Waals surface area (Å²) in [7, 11) is 0. The molecule has 3 aromatic rings. The van der Waals surface area contributed by atoms with Gasteiger partial charge in [-0.2, -0.15) is 0 Å². The number of rotatable bonds is 0. The van der Waals surface area contributed by atoms with Gasteiger partial charge in [-0.25, -0.2) is 0 Å². The fourth-order valence-corrected chi connectivity index (χ4v) is 2.59. The van der Waals surface area contributed by atoms with Crippen LogP contribution in [0.5, 0.6) is 0 Å². The minimum atomic E-state index is 1.35. The standard InChI is InChI=1S/C17H16/c1-11-7-8-17-15(13(11)3)10-9-14-12(2)5-4-6-16(14)17/h4-10H,1-3H3. The average Bonchev–Trinajstić information content (AvgIpc) is 2.34. The highest BCUT2D eigenvalue weighted by atomic mass is 14.1. The molecule has 84 valence electrons. The maximum Gasteiger partial charge on any atom is -0.0102 e. The lowest BCUT2D eigenvalue weighted by molar-refractivity contribution is 1.38. The minimum Gasteiger partial charge on any atom is -0.0613 e. The lowest BCUT2D eigenvalue weighted by Crippen LogP contribution is -1.86. The van der Waals surface area contributed by atoms with E-state index < -0.39 is 0 Å². The van der Waals surface area contributed by atoms with Crippen LogP contribution < -0.4 is 0 Å². The van der Waals surface area contributed by atoms with Crippen molar-refractivity contribution in [3.05, 3.63) is 59.2 Å². The molecule has 0 amide bonds. The van der Waals surface area contributed by atoms with Gasteiger partial charge in [-0.1, -0.05) is 42.5 Å². The van der Waals surface area contributed by atoms with Crippen molar-refractivity contribution in [2.45, 2.75) is 20.8 Å². The van der Waals surface area contributed by atoms with Crippen molar-refractivity contribution in [1.82, 2.24) is 0 Å². The molecule has 0 spiro atoms. The largest absolute Gasteiger partial charge is 0.0613 e. The molecule has 0 unspecified atom stereocenters. The molecule has 0 bridgehead atoms. The van der Waals surface area contributed by atoms with Crippen LogP contribution in [0.3, 0.4) is 0 Å². The maximum atomic E-state index is 2.26. The van der Waals surface area contributed by atoms with E-state index in [0.717, 1.165) is 0 Å². The Balaban J connectivity index is 2.58. The van der Waals surface area contributed by atoms with Gasteiger partial charge >= 0.3 is 0 Å². The number of benzene rings is 3. The van der Waals surface area contributed by atoms with E-state index in [-0.39, 0.29) is 0 Å². The average molecular weight is 220 g/mol. The second kappa shape index (κ2) is 3.59. The summed E-state index contributed by atoms with van der Waals surface area (Å²) in [4.78, 5) is 0. The van der Waals surface area contributed by atoms with Crippen molar-refractivity contribution in [3.63, 3.8) is 0 Å². The van der Waals surface area contributed by atoms with Crippen molar-refractivity contribution in [2.75, 3.05) is 0 Å². The van der Waals surface area contributed by atoms with Crippen LogP contribution >= 0.6 is 0 Å². The normalized spacial score (nSPS) is 11.2. The van der Waals surface area contributed by atoms with Crippen molar-refractivity contribution < 1.29 is 0 Å². The summed E-state index contributed by atoms with van der Waals surface area (Å²) in [6.45, 7) is 6.56. The predicted octanol–water partition coefficient (Wildman–Crippen LogP) is 4.92. The van der Waals surface area contributed by atoms with Gasteiger partial charge in [0.25, 0.3) is 0 Å². The Bertz CT molecular complexity index is 721. The summed E-state index contributed by atoms with van der Waals surface area (Å²) in [5.41, 5.74) is 4.11. The third-order valence-corrected chi connectivity index (χ3v) is 3.82. The SMILES string of the molecule is Cc1ccc2c(ccc3c(C)cccc32)c1C. The fourth-order valence-electron chi connectivity index (χ4n) is 2.59. The number of fused-ring (bicyclic) bond motifs is 3. The zero-order valence-electron chi connectivity index (χ0n) is 10.5. The molecule has 0 aliphatic rings. The quantitative estimate of drug-likeness (QED) is 0.472.